The van der Waals surface area contributed by atoms with Crippen molar-refractivity contribution in [3.05, 3.63) is 47.5 Å². The van der Waals surface area contributed by atoms with Crippen LogP contribution >= 0.6 is 11.6 Å². The van der Waals surface area contributed by atoms with Crippen molar-refractivity contribution >= 4 is 23.1 Å². The Hall–Kier alpha value is -2.18. The van der Waals surface area contributed by atoms with Crippen molar-refractivity contribution in [1.82, 2.24) is 19.5 Å². The molecule has 5 nitrogen and oxygen atoms in total. The van der Waals surface area contributed by atoms with Crippen LogP contribution < -0.4 is 4.90 Å². The Morgan fingerprint density at radius 1 is 1.12 bits per heavy atom. The van der Waals surface area contributed by atoms with Crippen LogP contribution in [0, 0.1) is 5.82 Å². The summed E-state index contributed by atoms with van der Waals surface area (Å²) in [7, 11) is 2.13. The monoisotopic (exact) mass is 345 g/mol. The SMILES string of the molecule is CN1CCN(c2ccnc3c(-c4ccc(F)c(Cl)c4)cnn23)CC1. The number of rotatable bonds is 2. The largest absolute Gasteiger partial charge is 0.354 e. The van der Waals surface area contributed by atoms with Gasteiger partial charge >= 0.3 is 0 Å². The lowest BCUT2D eigenvalue weighted by Crippen LogP contribution is -2.45. The van der Waals surface area contributed by atoms with Gasteiger partial charge in [0.05, 0.1) is 11.2 Å². The molecule has 0 aliphatic carbocycles. The molecule has 0 amide bonds. The Labute approximate surface area is 144 Å². The molecule has 1 aliphatic rings. The molecule has 4 rings (SSSR count). The van der Waals surface area contributed by atoms with E-state index in [9.17, 15) is 4.39 Å². The molecular formula is C17H17ClFN5. The molecule has 124 valence electrons. The molecule has 1 aromatic carbocycles. The molecule has 0 radical (unpaired) electrons. The number of nitrogens with zero attached hydrogens (tertiary/aromatic N) is 5. The van der Waals surface area contributed by atoms with Crippen molar-refractivity contribution in [1.29, 1.82) is 0 Å². The van der Waals surface area contributed by atoms with Crippen molar-refractivity contribution in [2.24, 2.45) is 0 Å². The Balaban J connectivity index is 1.77. The van der Waals surface area contributed by atoms with Gasteiger partial charge in [-0.1, -0.05) is 17.7 Å². The number of anilines is 1. The van der Waals surface area contributed by atoms with Crippen LogP contribution in [0.3, 0.4) is 0 Å². The summed E-state index contributed by atoms with van der Waals surface area (Å²) in [5.74, 6) is 0.593. The second-order valence-corrected chi connectivity index (χ2v) is 6.42. The third kappa shape index (κ3) is 2.61. The van der Waals surface area contributed by atoms with E-state index >= 15 is 0 Å². The van der Waals surface area contributed by atoms with Gasteiger partial charge in [0.25, 0.3) is 0 Å². The highest BCUT2D eigenvalue weighted by atomic mass is 35.5. The van der Waals surface area contributed by atoms with E-state index < -0.39 is 5.82 Å². The summed E-state index contributed by atoms with van der Waals surface area (Å²) in [5, 5.41) is 4.60. The Kier molecular flexibility index (Phi) is 3.86. The summed E-state index contributed by atoms with van der Waals surface area (Å²) in [6.07, 6.45) is 3.55. The maximum atomic E-state index is 13.4. The molecule has 1 saturated heterocycles. The summed E-state index contributed by atoms with van der Waals surface area (Å²) < 4.78 is 15.3. The molecule has 3 aromatic rings. The maximum Gasteiger partial charge on any atom is 0.165 e. The lowest BCUT2D eigenvalue weighted by molar-refractivity contribution is 0.311. The van der Waals surface area contributed by atoms with E-state index in [1.807, 2.05) is 10.6 Å². The number of likely N-dealkylation sites (N-methyl/N-ethyl adjacent to an activating group) is 1. The molecular weight excluding hydrogens is 329 g/mol. The Morgan fingerprint density at radius 2 is 1.92 bits per heavy atom. The molecule has 0 atom stereocenters. The smallest absolute Gasteiger partial charge is 0.165 e. The van der Waals surface area contributed by atoms with Crippen LogP contribution in [-0.4, -0.2) is 52.7 Å². The van der Waals surface area contributed by atoms with Gasteiger partial charge in [-0.05, 0) is 30.8 Å². The molecule has 0 spiro atoms. The quantitative estimate of drug-likeness (QED) is 0.715. The number of piperazine rings is 1. The average molecular weight is 346 g/mol. The van der Waals surface area contributed by atoms with Gasteiger partial charge in [0.2, 0.25) is 0 Å². The molecule has 0 unspecified atom stereocenters. The molecule has 1 aliphatic heterocycles. The number of fused-ring (bicyclic) bond motifs is 1. The van der Waals surface area contributed by atoms with Crippen LogP contribution in [0.25, 0.3) is 16.8 Å². The summed E-state index contributed by atoms with van der Waals surface area (Å²) in [4.78, 5) is 9.08. The highest BCUT2D eigenvalue weighted by Crippen LogP contribution is 2.29. The lowest BCUT2D eigenvalue weighted by atomic mass is 10.1. The zero-order chi connectivity index (χ0) is 16.7. The summed E-state index contributed by atoms with van der Waals surface area (Å²) >= 11 is 5.91. The normalized spacial score (nSPS) is 16.0. The zero-order valence-corrected chi connectivity index (χ0v) is 14.0. The van der Waals surface area contributed by atoms with Crippen molar-refractivity contribution in [2.45, 2.75) is 0 Å². The predicted octanol–water partition coefficient (Wildman–Crippen LogP) is 2.94. The number of aromatic nitrogens is 3. The van der Waals surface area contributed by atoms with E-state index in [-0.39, 0.29) is 5.02 Å². The second-order valence-electron chi connectivity index (χ2n) is 6.02. The van der Waals surface area contributed by atoms with E-state index in [4.69, 9.17) is 11.6 Å². The topological polar surface area (TPSA) is 36.7 Å². The van der Waals surface area contributed by atoms with Crippen LogP contribution in [0.4, 0.5) is 10.2 Å². The average Bonchev–Trinajstić information content (AvgIpc) is 3.02. The Morgan fingerprint density at radius 3 is 2.67 bits per heavy atom. The molecule has 24 heavy (non-hydrogen) atoms. The minimum absolute atomic E-state index is 0.0991. The molecule has 0 bridgehead atoms. The first kappa shape index (κ1) is 15.4. The van der Waals surface area contributed by atoms with E-state index in [0.29, 0.717) is 0 Å². The van der Waals surface area contributed by atoms with Crippen molar-refractivity contribution < 1.29 is 4.39 Å². The third-order valence-corrected chi connectivity index (χ3v) is 4.73. The standard InChI is InChI=1S/C17H17ClFN5/c1-22-6-8-23(9-7-22)16-4-5-20-17-13(11-21-24(16)17)12-2-3-15(19)14(18)10-12/h2-5,10-11H,6-9H2,1H3. The van der Waals surface area contributed by atoms with Gasteiger partial charge in [-0.2, -0.15) is 9.61 Å². The first-order valence-corrected chi connectivity index (χ1v) is 8.23. The van der Waals surface area contributed by atoms with Gasteiger partial charge in [-0.3, -0.25) is 0 Å². The Bertz CT molecular complexity index is 886. The fourth-order valence-electron chi connectivity index (χ4n) is 3.02. The van der Waals surface area contributed by atoms with Crippen molar-refractivity contribution in [3.8, 4) is 11.1 Å². The number of benzene rings is 1. The zero-order valence-electron chi connectivity index (χ0n) is 13.3. The van der Waals surface area contributed by atoms with E-state index in [1.54, 1.807) is 24.5 Å². The number of hydrogen-bond acceptors (Lipinski definition) is 4. The first-order valence-electron chi connectivity index (χ1n) is 7.85. The molecule has 3 heterocycles. The lowest BCUT2D eigenvalue weighted by Gasteiger charge is -2.33. The van der Waals surface area contributed by atoms with Crippen LogP contribution in [-0.2, 0) is 0 Å². The van der Waals surface area contributed by atoms with Gasteiger partial charge in [-0.25, -0.2) is 9.37 Å². The van der Waals surface area contributed by atoms with E-state index in [0.717, 1.165) is 48.8 Å². The third-order valence-electron chi connectivity index (χ3n) is 4.44. The summed E-state index contributed by atoms with van der Waals surface area (Å²) in [6.45, 7) is 3.94. The van der Waals surface area contributed by atoms with Gasteiger partial charge in [0.1, 0.15) is 11.6 Å². The van der Waals surface area contributed by atoms with Crippen LogP contribution in [0.15, 0.2) is 36.7 Å². The number of hydrogen-bond donors (Lipinski definition) is 0. The van der Waals surface area contributed by atoms with Gasteiger partial charge in [-0.15, -0.1) is 0 Å². The van der Waals surface area contributed by atoms with Crippen LogP contribution in [0.2, 0.25) is 5.02 Å². The number of halogens is 2. The van der Waals surface area contributed by atoms with Gasteiger partial charge in [0.15, 0.2) is 5.65 Å². The van der Waals surface area contributed by atoms with E-state index in [2.05, 4.69) is 26.9 Å². The summed E-state index contributed by atoms with van der Waals surface area (Å²) in [6, 6.07) is 6.65. The highest BCUT2D eigenvalue weighted by Gasteiger charge is 2.19. The molecule has 2 aromatic heterocycles. The molecule has 0 N–H and O–H groups in total. The minimum Gasteiger partial charge on any atom is -0.354 e. The predicted molar refractivity (Wildman–Crippen MR) is 93.1 cm³/mol. The van der Waals surface area contributed by atoms with Crippen molar-refractivity contribution in [2.75, 3.05) is 38.1 Å². The highest BCUT2D eigenvalue weighted by molar-refractivity contribution is 6.31. The second kappa shape index (κ2) is 6.03. The fourth-order valence-corrected chi connectivity index (χ4v) is 3.20. The maximum absolute atomic E-state index is 13.4. The van der Waals surface area contributed by atoms with Crippen LogP contribution in [0.5, 0.6) is 0 Å². The summed E-state index contributed by atoms with van der Waals surface area (Å²) in [5.41, 5.74) is 2.39. The van der Waals surface area contributed by atoms with Crippen LogP contribution in [0.1, 0.15) is 0 Å². The minimum atomic E-state index is -0.428. The fraction of sp³-hybridized carbons (Fsp3) is 0.294. The van der Waals surface area contributed by atoms with Gasteiger partial charge in [0, 0.05) is 37.9 Å². The van der Waals surface area contributed by atoms with Crippen molar-refractivity contribution in [3.63, 3.8) is 0 Å². The molecule has 1 fully saturated rings. The first-order chi connectivity index (χ1) is 11.6. The molecule has 0 saturated carbocycles. The van der Waals surface area contributed by atoms with Gasteiger partial charge < -0.3 is 9.80 Å². The van der Waals surface area contributed by atoms with E-state index in [1.165, 1.54) is 6.07 Å². The molecule has 7 heteroatoms.